The van der Waals surface area contributed by atoms with Crippen molar-refractivity contribution in [3.8, 4) is 0 Å². The summed E-state index contributed by atoms with van der Waals surface area (Å²) in [5.41, 5.74) is 5.00. The minimum absolute atomic E-state index is 0.0873. The van der Waals surface area contributed by atoms with Crippen molar-refractivity contribution in [3.05, 3.63) is 35.0 Å². The number of aryl methyl sites for hydroxylation is 2. The molecule has 0 bridgehead atoms. The third-order valence-electron chi connectivity index (χ3n) is 4.77. The first-order chi connectivity index (χ1) is 9.15. The maximum absolute atomic E-state index is 12.4. The Hall–Kier alpha value is -1.77. The van der Waals surface area contributed by atoms with Gasteiger partial charge in [-0.2, -0.15) is 0 Å². The fourth-order valence-corrected chi connectivity index (χ4v) is 3.87. The van der Waals surface area contributed by atoms with Crippen LogP contribution in [0.2, 0.25) is 0 Å². The van der Waals surface area contributed by atoms with Crippen LogP contribution in [0.3, 0.4) is 0 Å². The first kappa shape index (κ1) is 11.1. The molecule has 1 N–H and O–H groups in total. The van der Waals surface area contributed by atoms with E-state index in [4.69, 9.17) is 0 Å². The van der Waals surface area contributed by atoms with Gasteiger partial charge in [-0.25, -0.2) is 0 Å². The number of fused-ring (bicyclic) bond motifs is 5. The molecule has 1 fully saturated rings. The van der Waals surface area contributed by atoms with E-state index in [1.54, 1.807) is 0 Å². The number of carbonyl (C=O) groups excluding carboxylic acids is 1. The van der Waals surface area contributed by atoms with E-state index in [0.29, 0.717) is 11.8 Å². The van der Waals surface area contributed by atoms with Gasteiger partial charge < -0.3 is 9.88 Å². The van der Waals surface area contributed by atoms with Gasteiger partial charge in [-0.15, -0.1) is 0 Å². The van der Waals surface area contributed by atoms with E-state index >= 15 is 0 Å². The lowest BCUT2D eigenvalue weighted by Crippen LogP contribution is -2.23. The standard InChI is InChI=1S/C16H18N2O/c1-9-3-5-12-11(7-9)15-13(17-12)6-4-10-8-18(2)16(19)14(10)15/h3,5,7,10,14,17H,4,6,8H2,1-2H3/t10-,14+/m0/s1. The molecule has 3 nitrogen and oxygen atoms in total. The van der Waals surface area contributed by atoms with E-state index in [2.05, 4.69) is 30.1 Å². The number of hydrogen-bond acceptors (Lipinski definition) is 1. The van der Waals surface area contributed by atoms with Crippen LogP contribution < -0.4 is 0 Å². The summed E-state index contributed by atoms with van der Waals surface area (Å²) in [6, 6.07) is 6.49. The van der Waals surface area contributed by atoms with Crippen molar-refractivity contribution in [3.63, 3.8) is 0 Å². The first-order valence-electron chi connectivity index (χ1n) is 7.01. The second-order valence-electron chi connectivity index (χ2n) is 6.06. The molecule has 1 aromatic heterocycles. The highest BCUT2D eigenvalue weighted by molar-refractivity contribution is 5.95. The number of H-pyrrole nitrogens is 1. The van der Waals surface area contributed by atoms with Gasteiger partial charge in [-0.1, -0.05) is 11.6 Å². The number of benzene rings is 1. The molecule has 1 saturated heterocycles. The minimum Gasteiger partial charge on any atom is -0.358 e. The van der Waals surface area contributed by atoms with Gasteiger partial charge in [0, 0.05) is 30.2 Å². The van der Waals surface area contributed by atoms with Crippen molar-refractivity contribution in [2.75, 3.05) is 13.6 Å². The van der Waals surface area contributed by atoms with Gasteiger partial charge in [0.05, 0.1) is 5.92 Å². The second kappa shape index (κ2) is 3.62. The summed E-state index contributed by atoms with van der Waals surface area (Å²) in [4.78, 5) is 17.9. The molecule has 0 unspecified atom stereocenters. The summed E-state index contributed by atoms with van der Waals surface area (Å²) in [5.74, 6) is 0.891. The number of aromatic amines is 1. The Morgan fingerprint density at radius 2 is 2.21 bits per heavy atom. The van der Waals surface area contributed by atoms with Crippen molar-refractivity contribution in [1.82, 2.24) is 9.88 Å². The third kappa shape index (κ3) is 1.41. The van der Waals surface area contributed by atoms with Crippen molar-refractivity contribution in [1.29, 1.82) is 0 Å². The number of likely N-dealkylation sites (tertiary alicyclic amines) is 1. The highest BCUT2D eigenvalue weighted by Crippen LogP contribution is 2.44. The molecule has 1 amide bonds. The van der Waals surface area contributed by atoms with Gasteiger partial charge in [0.2, 0.25) is 5.91 Å². The summed E-state index contributed by atoms with van der Waals surface area (Å²) in [7, 11) is 1.93. The molecule has 19 heavy (non-hydrogen) atoms. The molecule has 0 saturated carbocycles. The lowest BCUT2D eigenvalue weighted by atomic mass is 9.78. The van der Waals surface area contributed by atoms with Crippen LogP contribution >= 0.6 is 0 Å². The lowest BCUT2D eigenvalue weighted by Gasteiger charge is -2.23. The molecule has 98 valence electrons. The number of aromatic nitrogens is 1. The number of carbonyl (C=O) groups is 1. The fraction of sp³-hybridized carbons (Fsp3) is 0.438. The van der Waals surface area contributed by atoms with E-state index in [-0.39, 0.29) is 5.92 Å². The zero-order chi connectivity index (χ0) is 13.1. The van der Waals surface area contributed by atoms with E-state index in [1.807, 2.05) is 11.9 Å². The van der Waals surface area contributed by atoms with Gasteiger partial charge in [0.1, 0.15) is 0 Å². The number of hydrogen-bond donors (Lipinski definition) is 1. The Morgan fingerprint density at radius 1 is 1.37 bits per heavy atom. The maximum atomic E-state index is 12.4. The first-order valence-corrected chi connectivity index (χ1v) is 7.01. The highest BCUT2D eigenvalue weighted by Gasteiger charge is 2.44. The van der Waals surface area contributed by atoms with Crippen LogP contribution in [0.25, 0.3) is 10.9 Å². The van der Waals surface area contributed by atoms with Crippen molar-refractivity contribution >= 4 is 16.8 Å². The Balaban J connectivity index is 1.98. The number of likely N-dealkylation sites (N-methyl/N-ethyl adjacent to an activating group) is 1. The fourth-order valence-electron chi connectivity index (χ4n) is 3.87. The molecule has 2 aromatic rings. The summed E-state index contributed by atoms with van der Waals surface area (Å²) >= 11 is 0. The Labute approximate surface area is 112 Å². The van der Waals surface area contributed by atoms with Gasteiger partial charge in [0.25, 0.3) is 0 Å². The molecule has 0 radical (unpaired) electrons. The summed E-state index contributed by atoms with van der Waals surface area (Å²) in [6.07, 6.45) is 2.20. The predicted molar refractivity (Wildman–Crippen MR) is 75.2 cm³/mol. The van der Waals surface area contributed by atoms with Crippen molar-refractivity contribution in [2.45, 2.75) is 25.7 Å². The minimum atomic E-state index is 0.0873. The summed E-state index contributed by atoms with van der Waals surface area (Å²) < 4.78 is 0. The zero-order valence-corrected chi connectivity index (χ0v) is 11.4. The van der Waals surface area contributed by atoms with Crippen LogP contribution in [0.5, 0.6) is 0 Å². The van der Waals surface area contributed by atoms with E-state index in [9.17, 15) is 4.79 Å². The van der Waals surface area contributed by atoms with E-state index in [1.165, 1.54) is 27.7 Å². The predicted octanol–water partition coefficient (Wildman–Crippen LogP) is 2.59. The van der Waals surface area contributed by atoms with Crippen LogP contribution in [0.1, 0.15) is 29.2 Å². The van der Waals surface area contributed by atoms with Crippen molar-refractivity contribution in [2.24, 2.45) is 5.92 Å². The van der Waals surface area contributed by atoms with Gasteiger partial charge in [0.15, 0.2) is 0 Å². The Morgan fingerprint density at radius 3 is 3.05 bits per heavy atom. The van der Waals surface area contributed by atoms with E-state index < -0.39 is 0 Å². The van der Waals surface area contributed by atoms with Crippen LogP contribution in [0.4, 0.5) is 0 Å². The molecule has 4 rings (SSSR count). The number of rotatable bonds is 0. The second-order valence-corrected chi connectivity index (χ2v) is 6.06. The van der Waals surface area contributed by atoms with Gasteiger partial charge in [-0.05, 0) is 43.4 Å². The van der Waals surface area contributed by atoms with Crippen molar-refractivity contribution < 1.29 is 4.79 Å². The molecular formula is C16H18N2O. The van der Waals surface area contributed by atoms with Gasteiger partial charge in [-0.3, -0.25) is 4.79 Å². The molecule has 2 atom stereocenters. The third-order valence-corrected chi connectivity index (χ3v) is 4.77. The average molecular weight is 254 g/mol. The number of nitrogens with one attached hydrogen (secondary N) is 1. The Bertz CT molecular complexity index is 685. The topological polar surface area (TPSA) is 36.1 Å². The zero-order valence-electron chi connectivity index (χ0n) is 11.4. The van der Waals surface area contributed by atoms with E-state index in [0.717, 1.165) is 19.4 Å². The molecule has 2 heterocycles. The van der Waals surface area contributed by atoms with Crippen LogP contribution in [0.15, 0.2) is 18.2 Å². The smallest absolute Gasteiger partial charge is 0.230 e. The number of nitrogens with zero attached hydrogens (tertiary/aromatic N) is 1. The van der Waals surface area contributed by atoms with Crippen LogP contribution in [0, 0.1) is 12.8 Å². The SMILES string of the molecule is Cc1ccc2[nH]c3c(c2c1)[C@@H]1C(=O)N(C)C[C@@H]1CC3. The molecule has 3 heteroatoms. The normalized spacial score (nSPS) is 25.8. The molecule has 1 aliphatic carbocycles. The lowest BCUT2D eigenvalue weighted by molar-refractivity contribution is -0.127. The molecule has 1 aromatic carbocycles. The summed E-state index contributed by atoms with van der Waals surface area (Å²) in [6.45, 7) is 3.03. The quantitative estimate of drug-likeness (QED) is 0.770. The summed E-state index contributed by atoms with van der Waals surface area (Å²) in [5, 5.41) is 1.26. The maximum Gasteiger partial charge on any atom is 0.230 e. The molecule has 1 aliphatic heterocycles. The Kier molecular flexibility index (Phi) is 2.12. The van der Waals surface area contributed by atoms with Crippen LogP contribution in [-0.4, -0.2) is 29.4 Å². The molecular weight excluding hydrogens is 236 g/mol. The largest absolute Gasteiger partial charge is 0.358 e. The van der Waals surface area contributed by atoms with Gasteiger partial charge >= 0.3 is 0 Å². The highest BCUT2D eigenvalue weighted by atomic mass is 16.2. The molecule has 2 aliphatic rings. The molecule has 0 spiro atoms. The average Bonchev–Trinajstić information content (AvgIpc) is 2.88. The van der Waals surface area contributed by atoms with Crippen LogP contribution in [-0.2, 0) is 11.2 Å². The number of amides is 1. The monoisotopic (exact) mass is 254 g/mol.